The minimum Gasteiger partial charge on any atom is -0.343 e. The summed E-state index contributed by atoms with van der Waals surface area (Å²) < 4.78 is 0. The maximum atomic E-state index is 12.6. The molecule has 24 heavy (non-hydrogen) atoms. The van der Waals surface area contributed by atoms with E-state index < -0.39 is 0 Å². The lowest BCUT2D eigenvalue weighted by molar-refractivity contribution is -0.132. The average Bonchev–Trinajstić information content (AvgIpc) is 3.16. The summed E-state index contributed by atoms with van der Waals surface area (Å²) in [6, 6.07) is 9.07. The smallest absolute Gasteiger partial charge is 0.257 e. The molecule has 5 nitrogen and oxygen atoms in total. The summed E-state index contributed by atoms with van der Waals surface area (Å²) in [7, 11) is 0. The van der Waals surface area contributed by atoms with Crippen LogP contribution in [0, 0.1) is 0 Å². The molecule has 2 aromatic rings. The molecule has 0 fully saturated rings. The van der Waals surface area contributed by atoms with Gasteiger partial charge in [0.15, 0.2) is 5.13 Å². The summed E-state index contributed by atoms with van der Waals surface area (Å²) in [6.07, 6.45) is 1.67. The zero-order valence-electron chi connectivity index (χ0n) is 13.9. The Labute approximate surface area is 145 Å². The molecule has 6 heteroatoms. The van der Waals surface area contributed by atoms with Gasteiger partial charge in [-0.15, -0.1) is 11.3 Å². The number of nitrogens with zero attached hydrogens (tertiary/aromatic N) is 2. The number of anilines is 1. The predicted molar refractivity (Wildman–Crippen MR) is 95.5 cm³/mol. The van der Waals surface area contributed by atoms with Crippen LogP contribution < -0.4 is 5.32 Å². The second-order valence-corrected chi connectivity index (χ2v) is 6.83. The number of carbonyl (C=O) groups excluding carboxylic acids is 2. The SMILES string of the molecule is CCN(CC)C(=O)C1CCc2sc(NC(=O)c3ccccc3)nc21. The topological polar surface area (TPSA) is 62.3 Å². The van der Waals surface area contributed by atoms with E-state index in [9.17, 15) is 9.59 Å². The molecule has 0 spiro atoms. The molecule has 1 aliphatic carbocycles. The Morgan fingerprint density at radius 3 is 2.62 bits per heavy atom. The van der Waals surface area contributed by atoms with Crippen molar-refractivity contribution < 1.29 is 9.59 Å². The molecule has 0 saturated carbocycles. The van der Waals surface area contributed by atoms with E-state index in [0.717, 1.165) is 23.4 Å². The number of rotatable bonds is 5. The molecular formula is C18H21N3O2S. The van der Waals surface area contributed by atoms with Gasteiger partial charge in [-0.2, -0.15) is 0 Å². The Bertz CT molecular complexity index is 738. The van der Waals surface area contributed by atoms with Crippen LogP contribution in [0.15, 0.2) is 30.3 Å². The molecule has 1 aliphatic rings. The molecule has 1 N–H and O–H groups in total. The minimum absolute atomic E-state index is 0.144. The van der Waals surface area contributed by atoms with Gasteiger partial charge in [0.1, 0.15) is 0 Å². The van der Waals surface area contributed by atoms with Gasteiger partial charge in [-0.05, 0) is 38.8 Å². The zero-order chi connectivity index (χ0) is 17.1. The normalized spacial score (nSPS) is 15.8. The van der Waals surface area contributed by atoms with Crippen molar-refractivity contribution in [3.63, 3.8) is 0 Å². The van der Waals surface area contributed by atoms with E-state index >= 15 is 0 Å². The van der Waals surface area contributed by atoms with E-state index in [1.165, 1.54) is 11.3 Å². The number of benzene rings is 1. The fraction of sp³-hybridized carbons (Fsp3) is 0.389. The lowest BCUT2D eigenvalue weighted by atomic mass is 10.1. The lowest BCUT2D eigenvalue weighted by Gasteiger charge is -2.22. The van der Waals surface area contributed by atoms with Crippen molar-refractivity contribution in [2.24, 2.45) is 0 Å². The first-order chi connectivity index (χ1) is 11.6. The van der Waals surface area contributed by atoms with Crippen molar-refractivity contribution in [1.82, 2.24) is 9.88 Å². The third kappa shape index (κ3) is 3.19. The highest BCUT2D eigenvalue weighted by Crippen LogP contribution is 2.39. The Morgan fingerprint density at radius 2 is 1.96 bits per heavy atom. The molecule has 1 aromatic carbocycles. The summed E-state index contributed by atoms with van der Waals surface area (Å²) in [5, 5.41) is 3.42. The zero-order valence-corrected chi connectivity index (χ0v) is 14.7. The molecule has 0 saturated heterocycles. The molecule has 0 bridgehead atoms. The van der Waals surface area contributed by atoms with Gasteiger partial charge in [-0.3, -0.25) is 14.9 Å². The summed E-state index contributed by atoms with van der Waals surface area (Å²) in [6.45, 7) is 5.40. The number of amides is 2. The van der Waals surface area contributed by atoms with Gasteiger partial charge < -0.3 is 4.90 Å². The van der Waals surface area contributed by atoms with Crippen LogP contribution >= 0.6 is 11.3 Å². The third-order valence-electron chi connectivity index (χ3n) is 4.35. The van der Waals surface area contributed by atoms with E-state index in [-0.39, 0.29) is 17.7 Å². The van der Waals surface area contributed by atoms with Crippen LogP contribution in [-0.4, -0.2) is 34.8 Å². The number of aromatic nitrogens is 1. The predicted octanol–water partition coefficient (Wildman–Crippen LogP) is 3.29. The molecule has 0 aliphatic heterocycles. The van der Waals surface area contributed by atoms with Gasteiger partial charge in [-0.1, -0.05) is 18.2 Å². The largest absolute Gasteiger partial charge is 0.343 e. The quantitative estimate of drug-likeness (QED) is 0.906. The molecule has 3 rings (SSSR count). The second kappa shape index (κ2) is 7.13. The van der Waals surface area contributed by atoms with Crippen LogP contribution in [0.1, 0.15) is 47.1 Å². The number of carbonyl (C=O) groups is 2. The molecule has 1 unspecified atom stereocenters. The van der Waals surface area contributed by atoms with Gasteiger partial charge in [0.2, 0.25) is 5.91 Å². The van der Waals surface area contributed by atoms with Crippen molar-refractivity contribution in [3.8, 4) is 0 Å². The molecule has 1 aromatic heterocycles. The van der Waals surface area contributed by atoms with Crippen LogP contribution in [0.3, 0.4) is 0 Å². The fourth-order valence-electron chi connectivity index (χ4n) is 3.04. The van der Waals surface area contributed by atoms with Gasteiger partial charge in [0.25, 0.3) is 5.91 Å². The van der Waals surface area contributed by atoms with E-state index in [1.807, 2.05) is 36.9 Å². The summed E-state index contributed by atoms with van der Waals surface area (Å²) >= 11 is 1.48. The average molecular weight is 343 g/mol. The van der Waals surface area contributed by atoms with Crippen molar-refractivity contribution in [1.29, 1.82) is 0 Å². The number of likely N-dealkylation sites (N-methyl/N-ethyl adjacent to an activating group) is 1. The number of fused-ring (bicyclic) bond motifs is 1. The molecular weight excluding hydrogens is 322 g/mol. The van der Waals surface area contributed by atoms with Gasteiger partial charge in [0.05, 0.1) is 11.6 Å². The Balaban J connectivity index is 1.75. The van der Waals surface area contributed by atoms with E-state index in [2.05, 4.69) is 10.3 Å². The van der Waals surface area contributed by atoms with Crippen molar-refractivity contribution >= 4 is 28.3 Å². The Kier molecular flexibility index (Phi) is 4.94. The van der Waals surface area contributed by atoms with Gasteiger partial charge in [-0.25, -0.2) is 4.98 Å². The summed E-state index contributed by atoms with van der Waals surface area (Å²) in [4.78, 5) is 32.4. The number of thiazole rings is 1. The lowest BCUT2D eigenvalue weighted by Crippen LogP contribution is -2.34. The fourth-order valence-corrected chi connectivity index (χ4v) is 4.07. The summed E-state index contributed by atoms with van der Waals surface area (Å²) in [5.74, 6) is -0.196. The van der Waals surface area contributed by atoms with Crippen LogP contribution in [0.25, 0.3) is 0 Å². The number of hydrogen-bond acceptors (Lipinski definition) is 4. The standard InChI is InChI=1S/C18H21N3O2S/c1-3-21(4-2)17(23)13-10-11-14-15(13)19-18(24-14)20-16(22)12-8-6-5-7-9-12/h5-9,13H,3-4,10-11H2,1-2H3,(H,19,20,22). The molecule has 1 heterocycles. The van der Waals surface area contributed by atoms with Crippen molar-refractivity contribution in [2.75, 3.05) is 18.4 Å². The molecule has 1 atom stereocenters. The molecule has 126 valence electrons. The van der Waals surface area contributed by atoms with Crippen molar-refractivity contribution in [3.05, 3.63) is 46.5 Å². The highest BCUT2D eigenvalue weighted by molar-refractivity contribution is 7.16. The third-order valence-corrected chi connectivity index (χ3v) is 5.39. The number of aryl methyl sites for hydroxylation is 1. The summed E-state index contributed by atoms with van der Waals surface area (Å²) in [5.41, 5.74) is 1.45. The van der Waals surface area contributed by atoms with Crippen LogP contribution in [0.4, 0.5) is 5.13 Å². The van der Waals surface area contributed by atoms with E-state index in [4.69, 9.17) is 0 Å². The van der Waals surface area contributed by atoms with E-state index in [0.29, 0.717) is 23.8 Å². The first-order valence-corrected chi connectivity index (χ1v) is 9.10. The highest BCUT2D eigenvalue weighted by atomic mass is 32.1. The van der Waals surface area contributed by atoms with Crippen LogP contribution in [0.5, 0.6) is 0 Å². The minimum atomic E-state index is -0.172. The molecule has 2 amide bonds. The number of hydrogen-bond donors (Lipinski definition) is 1. The highest BCUT2D eigenvalue weighted by Gasteiger charge is 2.34. The maximum absolute atomic E-state index is 12.6. The first-order valence-electron chi connectivity index (χ1n) is 8.28. The Hall–Kier alpha value is -2.21. The van der Waals surface area contributed by atoms with Crippen LogP contribution in [-0.2, 0) is 11.2 Å². The molecule has 0 radical (unpaired) electrons. The van der Waals surface area contributed by atoms with Crippen molar-refractivity contribution in [2.45, 2.75) is 32.6 Å². The first kappa shape index (κ1) is 16.6. The van der Waals surface area contributed by atoms with Gasteiger partial charge in [0, 0.05) is 23.5 Å². The number of nitrogens with one attached hydrogen (secondary N) is 1. The van der Waals surface area contributed by atoms with E-state index in [1.54, 1.807) is 12.1 Å². The Morgan fingerprint density at radius 1 is 1.25 bits per heavy atom. The maximum Gasteiger partial charge on any atom is 0.257 e. The second-order valence-electron chi connectivity index (χ2n) is 5.75. The monoisotopic (exact) mass is 343 g/mol. The van der Waals surface area contributed by atoms with Crippen LogP contribution in [0.2, 0.25) is 0 Å². The van der Waals surface area contributed by atoms with Gasteiger partial charge >= 0.3 is 0 Å².